The fourth-order valence-corrected chi connectivity index (χ4v) is 5.25. The standard InChI is InChI=1S/C30H38FN3O3/c1-5-13-32-15-17-33(18-16-32)30(36)22(4)37-26-11-8-23-12-14-34(28(35)19-21(2)3)29(27(23)20-26)24-6-9-25(31)10-7-24/h5-11,20-22,29H,1,12-19H2,2-4H3/t22-,29-/m0/s1. The van der Waals surface area contributed by atoms with Crippen LogP contribution in [0.25, 0.3) is 0 Å². The molecule has 0 N–H and O–H groups in total. The number of fused-ring (bicyclic) bond motifs is 1. The molecule has 7 heteroatoms. The summed E-state index contributed by atoms with van der Waals surface area (Å²) in [5.74, 6) is 0.577. The van der Waals surface area contributed by atoms with Crippen molar-refractivity contribution in [2.24, 2.45) is 5.92 Å². The first-order valence-electron chi connectivity index (χ1n) is 13.2. The lowest BCUT2D eigenvalue weighted by atomic mass is 9.87. The third kappa shape index (κ3) is 6.39. The normalized spacial score (nSPS) is 18.9. The van der Waals surface area contributed by atoms with Gasteiger partial charge in [-0.2, -0.15) is 0 Å². The number of piperazine rings is 1. The maximum absolute atomic E-state index is 13.7. The predicted molar refractivity (Wildman–Crippen MR) is 143 cm³/mol. The van der Waals surface area contributed by atoms with Crippen molar-refractivity contribution >= 4 is 11.8 Å². The molecule has 2 atom stereocenters. The second-order valence-electron chi connectivity index (χ2n) is 10.4. The van der Waals surface area contributed by atoms with Crippen molar-refractivity contribution in [3.63, 3.8) is 0 Å². The minimum atomic E-state index is -0.629. The van der Waals surface area contributed by atoms with Crippen molar-refractivity contribution < 1.29 is 18.7 Å². The molecular formula is C30H38FN3O3. The summed E-state index contributed by atoms with van der Waals surface area (Å²) in [5, 5.41) is 0. The van der Waals surface area contributed by atoms with Crippen LogP contribution in [0.3, 0.4) is 0 Å². The Labute approximate surface area is 219 Å². The van der Waals surface area contributed by atoms with Gasteiger partial charge in [-0.1, -0.05) is 38.1 Å². The SMILES string of the molecule is C=CCN1CCN(C(=O)[C@H](C)Oc2ccc3c(c2)[C@H](c2ccc(F)cc2)N(C(=O)CC(C)C)CC3)CC1. The number of hydrogen-bond donors (Lipinski definition) is 0. The van der Waals surface area contributed by atoms with Crippen LogP contribution < -0.4 is 4.74 Å². The average molecular weight is 508 g/mol. The molecule has 0 saturated carbocycles. The number of carbonyl (C=O) groups excluding carboxylic acids is 2. The molecule has 37 heavy (non-hydrogen) atoms. The summed E-state index contributed by atoms with van der Waals surface area (Å²) in [6, 6.07) is 11.9. The van der Waals surface area contributed by atoms with Gasteiger partial charge < -0.3 is 14.5 Å². The summed E-state index contributed by atoms with van der Waals surface area (Å²) in [6.07, 6.45) is 2.45. The van der Waals surface area contributed by atoms with Crippen molar-refractivity contribution in [2.75, 3.05) is 39.3 Å². The summed E-state index contributed by atoms with van der Waals surface area (Å²) in [7, 11) is 0. The molecule has 2 amide bonds. The highest BCUT2D eigenvalue weighted by Crippen LogP contribution is 2.38. The highest BCUT2D eigenvalue weighted by atomic mass is 19.1. The lowest BCUT2D eigenvalue weighted by Gasteiger charge is -2.38. The van der Waals surface area contributed by atoms with Gasteiger partial charge in [-0.05, 0) is 60.2 Å². The van der Waals surface area contributed by atoms with E-state index in [1.807, 2.05) is 47.9 Å². The van der Waals surface area contributed by atoms with Gasteiger partial charge in [0.25, 0.3) is 5.91 Å². The van der Waals surface area contributed by atoms with Gasteiger partial charge in [0.1, 0.15) is 11.6 Å². The number of carbonyl (C=O) groups is 2. The first-order valence-corrected chi connectivity index (χ1v) is 13.2. The van der Waals surface area contributed by atoms with Crippen LogP contribution in [0.2, 0.25) is 0 Å². The molecule has 1 fully saturated rings. The average Bonchev–Trinajstić information content (AvgIpc) is 2.88. The Hall–Kier alpha value is -3.19. The smallest absolute Gasteiger partial charge is 0.263 e. The van der Waals surface area contributed by atoms with Crippen molar-refractivity contribution in [1.29, 1.82) is 0 Å². The second-order valence-corrected chi connectivity index (χ2v) is 10.4. The molecule has 2 aliphatic heterocycles. The molecule has 2 aliphatic rings. The number of hydrogen-bond acceptors (Lipinski definition) is 4. The van der Waals surface area contributed by atoms with Gasteiger partial charge in [0.2, 0.25) is 5.91 Å². The van der Waals surface area contributed by atoms with Crippen molar-refractivity contribution in [1.82, 2.24) is 14.7 Å². The summed E-state index contributed by atoms with van der Waals surface area (Å²) >= 11 is 0. The van der Waals surface area contributed by atoms with Gasteiger partial charge in [0.05, 0.1) is 6.04 Å². The molecule has 4 rings (SSSR count). The highest BCUT2D eigenvalue weighted by Gasteiger charge is 2.33. The Morgan fingerprint density at radius 1 is 1.05 bits per heavy atom. The zero-order valence-electron chi connectivity index (χ0n) is 22.2. The zero-order chi connectivity index (χ0) is 26.5. The quantitative estimate of drug-likeness (QED) is 0.496. The minimum absolute atomic E-state index is 0.0280. The Kier molecular flexibility index (Phi) is 8.64. The molecule has 0 spiro atoms. The third-order valence-electron chi connectivity index (χ3n) is 7.17. The Morgan fingerprint density at radius 2 is 1.76 bits per heavy atom. The summed E-state index contributed by atoms with van der Waals surface area (Å²) < 4.78 is 19.9. The number of halogens is 1. The van der Waals surface area contributed by atoms with Crippen LogP contribution in [0.15, 0.2) is 55.1 Å². The van der Waals surface area contributed by atoms with E-state index in [4.69, 9.17) is 4.74 Å². The molecule has 2 heterocycles. The van der Waals surface area contributed by atoms with Crippen molar-refractivity contribution in [3.05, 3.63) is 77.6 Å². The van der Waals surface area contributed by atoms with E-state index in [1.165, 1.54) is 12.1 Å². The van der Waals surface area contributed by atoms with E-state index in [2.05, 4.69) is 11.5 Å². The predicted octanol–water partition coefficient (Wildman–Crippen LogP) is 4.44. The number of nitrogens with zero attached hydrogens (tertiary/aromatic N) is 3. The number of amides is 2. The number of ether oxygens (including phenoxy) is 1. The van der Waals surface area contributed by atoms with Crippen LogP contribution in [0.1, 0.15) is 49.9 Å². The van der Waals surface area contributed by atoms with Gasteiger partial charge >= 0.3 is 0 Å². The van der Waals surface area contributed by atoms with Crippen LogP contribution in [0.4, 0.5) is 4.39 Å². The minimum Gasteiger partial charge on any atom is -0.481 e. The lowest BCUT2D eigenvalue weighted by Crippen LogP contribution is -2.51. The summed E-state index contributed by atoms with van der Waals surface area (Å²) in [5.41, 5.74) is 2.95. The Balaban J connectivity index is 1.55. The van der Waals surface area contributed by atoms with Crippen LogP contribution in [-0.4, -0.2) is 71.9 Å². The van der Waals surface area contributed by atoms with Crippen LogP contribution in [-0.2, 0) is 16.0 Å². The number of rotatable bonds is 8. The molecule has 0 unspecified atom stereocenters. The van der Waals surface area contributed by atoms with E-state index in [-0.39, 0.29) is 29.6 Å². The third-order valence-corrected chi connectivity index (χ3v) is 7.17. The first-order chi connectivity index (χ1) is 17.8. The number of benzene rings is 2. The van der Waals surface area contributed by atoms with Gasteiger partial charge in [-0.3, -0.25) is 14.5 Å². The maximum Gasteiger partial charge on any atom is 0.263 e. The van der Waals surface area contributed by atoms with E-state index >= 15 is 0 Å². The molecule has 2 aromatic carbocycles. The second kappa shape index (κ2) is 11.9. The lowest BCUT2D eigenvalue weighted by molar-refractivity contribution is -0.139. The molecule has 0 aliphatic carbocycles. The molecule has 0 radical (unpaired) electrons. The summed E-state index contributed by atoms with van der Waals surface area (Å²) in [4.78, 5) is 32.3. The van der Waals surface area contributed by atoms with Crippen molar-refractivity contribution in [2.45, 2.75) is 45.8 Å². The Bertz CT molecular complexity index is 1110. The summed E-state index contributed by atoms with van der Waals surface area (Å²) in [6.45, 7) is 14.1. The van der Waals surface area contributed by atoms with Crippen LogP contribution >= 0.6 is 0 Å². The van der Waals surface area contributed by atoms with E-state index in [0.717, 1.165) is 42.7 Å². The Morgan fingerprint density at radius 3 is 2.41 bits per heavy atom. The molecular weight excluding hydrogens is 469 g/mol. The molecule has 198 valence electrons. The van der Waals surface area contributed by atoms with Gasteiger partial charge in [-0.25, -0.2) is 4.39 Å². The molecule has 6 nitrogen and oxygen atoms in total. The zero-order valence-corrected chi connectivity index (χ0v) is 22.2. The maximum atomic E-state index is 13.7. The fourth-order valence-electron chi connectivity index (χ4n) is 5.25. The monoisotopic (exact) mass is 507 g/mol. The van der Waals surface area contributed by atoms with Crippen LogP contribution in [0.5, 0.6) is 5.75 Å². The fraction of sp³-hybridized carbons (Fsp3) is 0.467. The van der Waals surface area contributed by atoms with E-state index in [1.54, 1.807) is 19.1 Å². The van der Waals surface area contributed by atoms with Crippen molar-refractivity contribution in [3.8, 4) is 5.75 Å². The molecule has 0 aromatic heterocycles. The topological polar surface area (TPSA) is 53.1 Å². The van der Waals surface area contributed by atoms with E-state index < -0.39 is 6.10 Å². The highest BCUT2D eigenvalue weighted by molar-refractivity contribution is 5.81. The van der Waals surface area contributed by atoms with E-state index in [9.17, 15) is 14.0 Å². The van der Waals surface area contributed by atoms with E-state index in [0.29, 0.717) is 31.8 Å². The van der Waals surface area contributed by atoms with Gasteiger partial charge in [0.15, 0.2) is 6.10 Å². The largest absolute Gasteiger partial charge is 0.481 e. The first kappa shape index (κ1) is 26.9. The molecule has 2 aromatic rings. The molecule has 0 bridgehead atoms. The van der Waals surface area contributed by atoms with Crippen LogP contribution in [0, 0.1) is 11.7 Å². The molecule has 1 saturated heterocycles. The van der Waals surface area contributed by atoms with Gasteiger partial charge in [0, 0.05) is 45.7 Å². The van der Waals surface area contributed by atoms with Gasteiger partial charge in [-0.15, -0.1) is 6.58 Å².